The number of amides is 1. The Kier molecular flexibility index (Phi) is 5.65. The summed E-state index contributed by atoms with van der Waals surface area (Å²) in [5.74, 6) is -0.323. The molecule has 0 aliphatic rings. The van der Waals surface area contributed by atoms with Gasteiger partial charge in [0.15, 0.2) is 5.69 Å². The van der Waals surface area contributed by atoms with Gasteiger partial charge in [0, 0.05) is 18.7 Å². The maximum atomic E-state index is 12.6. The van der Waals surface area contributed by atoms with Gasteiger partial charge in [0.25, 0.3) is 5.91 Å². The first-order chi connectivity index (χ1) is 12.6. The summed E-state index contributed by atoms with van der Waals surface area (Å²) in [5.41, 5.74) is 3.58. The SMILES string of the molecule is COCc1c(C(=O)NCc2ccccc2Cl)nnn1-c1cccc(C)c1. The van der Waals surface area contributed by atoms with Gasteiger partial charge in [-0.15, -0.1) is 5.10 Å². The highest BCUT2D eigenvalue weighted by Gasteiger charge is 2.20. The molecule has 2 aromatic carbocycles. The smallest absolute Gasteiger partial charge is 0.274 e. The first kappa shape index (κ1) is 18.1. The lowest BCUT2D eigenvalue weighted by Gasteiger charge is -2.09. The molecule has 1 heterocycles. The lowest BCUT2D eigenvalue weighted by atomic mass is 10.2. The maximum absolute atomic E-state index is 12.6. The molecule has 7 heteroatoms. The minimum Gasteiger partial charge on any atom is -0.378 e. The average Bonchev–Trinajstić information content (AvgIpc) is 3.05. The fraction of sp³-hybridized carbons (Fsp3) is 0.211. The van der Waals surface area contributed by atoms with Crippen LogP contribution in [0, 0.1) is 6.92 Å². The van der Waals surface area contributed by atoms with Gasteiger partial charge >= 0.3 is 0 Å². The predicted molar refractivity (Wildman–Crippen MR) is 99.4 cm³/mol. The Labute approximate surface area is 156 Å². The van der Waals surface area contributed by atoms with Crippen LogP contribution in [0.2, 0.25) is 5.02 Å². The number of hydrogen-bond donors (Lipinski definition) is 1. The Morgan fingerprint density at radius 3 is 2.77 bits per heavy atom. The number of ether oxygens (including phenoxy) is 1. The molecule has 26 heavy (non-hydrogen) atoms. The number of benzene rings is 2. The summed E-state index contributed by atoms with van der Waals surface area (Å²) in [4.78, 5) is 12.6. The molecule has 0 saturated carbocycles. The van der Waals surface area contributed by atoms with Crippen LogP contribution in [0.25, 0.3) is 5.69 Å². The maximum Gasteiger partial charge on any atom is 0.274 e. The molecule has 1 N–H and O–H groups in total. The summed E-state index contributed by atoms with van der Waals surface area (Å²) >= 11 is 6.13. The first-order valence-electron chi connectivity index (χ1n) is 8.12. The third kappa shape index (κ3) is 3.92. The third-order valence-electron chi connectivity index (χ3n) is 3.90. The molecule has 0 saturated heterocycles. The normalized spacial score (nSPS) is 10.7. The lowest BCUT2D eigenvalue weighted by molar-refractivity contribution is 0.0940. The van der Waals surface area contributed by atoms with Crippen LogP contribution < -0.4 is 5.32 Å². The van der Waals surface area contributed by atoms with Crippen LogP contribution in [0.3, 0.4) is 0 Å². The molecule has 0 aliphatic carbocycles. The number of halogens is 1. The molecule has 0 bridgehead atoms. The van der Waals surface area contributed by atoms with Crippen molar-refractivity contribution in [2.45, 2.75) is 20.1 Å². The Morgan fingerprint density at radius 1 is 1.23 bits per heavy atom. The minimum absolute atomic E-state index is 0.218. The number of aryl methyl sites for hydroxylation is 1. The number of aromatic nitrogens is 3. The van der Waals surface area contributed by atoms with Gasteiger partial charge in [-0.3, -0.25) is 4.79 Å². The van der Waals surface area contributed by atoms with E-state index in [2.05, 4.69) is 15.6 Å². The lowest BCUT2D eigenvalue weighted by Crippen LogP contribution is -2.25. The molecule has 0 spiro atoms. The molecule has 0 fully saturated rings. The Hall–Kier alpha value is -2.70. The largest absolute Gasteiger partial charge is 0.378 e. The molecule has 3 rings (SSSR count). The van der Waals surface area contributed by atoms with Gasteiger partial charge in [-0.1, -0.05) is 47.1 Å². The van der Waals surface area contributed by atoms with E-state index in [1.807, 2.05) is 49.4 Å². The van der Waals surface area contributed by atoms with Gasteiger partial charge in [-0.05, 0) is 36.2 Å². The van der Waals surface area contributed by atoms with E-state index in [-0.39, 0.29) is 18.2 Å². The molecule has 134 valence electrons. The van der Waals surface area contributed by atoms with Crippen molar-refractivity contribution in [3.05, 3.63) is 76.1 Å². The number of carbonyl (C=O) groups is 1. The summed E-state index contributed by atoms with van der Waals surface area (Å²) in [6.07, 6.45) is 0. The second kappa shape index (κ2) is 8.12. The highest BCUT2D eigenvalue weighted by atomic mass is 35.5. The second-order valence-electron chi connectivity index (χ2n) is 5.84. The number of methoxy groups -OCH3 is 1. The summed E-state index contributed by atoms with van der Waals surface area (Å²) in [6, 6.07) is 15.2. The fourth-order valence-corrected chi connectivity index (χ4v) is 2.81. The van der Waals surface area contributed by atoms with E-state index in [9.17, 15) is 4.79 Å². The molecule has 0 unspecified atom stereocenters. The monoisotopic (exact) mass is 370 g/mol. The Bertz CT molecular complexity index is 923. The van der Waals surface area contributed by atoms with E-state index in [0.29, 0.717) is 17.3 Å². The first-order valence-corrected chi connectivity index (χ1v) is 8.50. The highest BCUT2D eigenvalue weighted by Crippen LogP contribution is 2.17. The summed E-state index contributed by atoms with van der Waals surface area (Å²) < 4.78 is 6.88. The topological polar surface area (TPSA) is 69.0 Å². The summed E-state index contributed by atoms with van der Waals surface area (Å²) in [5, 5.41) is 11.6. The van der Waals surface area contributed by atoms with Crippen molar-refractivity contribution in [3.8, 4) is 5.69 Å². The molecule has 1 amide bonds. The van der Waals surface area contributed by atoms with Crippen molar-refractivity contribution in [1.82, 2.24) is 20.3 Å². The van der Waals surface area contributed by atoms with E-state index in [4.69, 9.17) is 16.3 Å². The zero-order valence-electron chi connectivity index (χ0n) is 14.6. The quantitative estimate of drug-likeness (QED) is 0.722. The van der Waals surface area contributed by atoms with Crippen LogP contribution in [0.4, 0.5) is 0 Å². The highest BCUT2D eigenvalue weighted by molar-refractivity contribution is 6.31. The van der Waals surface area contributed by atoms with Crippen LogP contribution in [-0.2, 0) is 17.9 Å². The molecular weight excluding hydrogens is 352 g/mol. The molecule has 0 atom stereocenters. The molecule has 0 aliphatic heterocycles. The third-order valence-corrected chi connectivity index (χ3v) is 4.27. The fourth-order valence-electron chi connectivity index (χ4n) is 2.61. The van der Waals surface area contributed by atoms with Crippen molar-refractivity contribution in [2.75, 3.05) is 7.11 Å². The standard InChI is InChI=1S/C19H19ClN4O2/c1-13-6-5-8-15(10-13)24-17(12-26-2)18(22-23-24)19(25)21-11-14-7-3-4-9-16(14)20/h3-10H,11-12H2,1-2H3,(H,21,25). The Balaban J connectivity index is 1.85. The molecule has 1 aromatic heterocycles. The number of carbonyl (C=O) groups excluding carboxylic acids is 1. The van der Waals surface area contributed by atoms with E-state index in [1.165, 1.54) is 0 Å². The van der Waals surface area contributed by atoms with E-state index in [0.717, 1.165) is 16.8 Å². The zero-order chi connectivity index (χ0) is 18.5. The number of hydrogen-bond acceptors (Lipinski definition) is 4. The van der Waals surface area contributed by atoms with E-state index < -0.39 is 0 Å². The number of nitrogens with one attached hydrogen (secondary N) is 1. The van der Waals surface area contributed by atoms with Gasteiger partial charge in [-0.25, -0.2) is 4.68 Å². The number of rotatable bonds is 6. The molecule has 6 nitrogen and oxygen atoms in total. The minimum atomic E-state index is -0.323. The summed E-state index contributed by atoms with van der Waals surface area (Å²) in [6.45, 7) is 2.52. The van der Waals surface area contributed by atoms with Gasteiger partial charge in [-0.2, -0.15) is 0 Å². The van der Waals surface area contributed by atoms with Crippen LogP contribution in [0.5, 0.6) is 0 Å². The van der Waals surface area contributed by atoms with Crippen LogP contribution in [0.1, 0.15) is 27.3 Å². The van der Waals surface area contributed by atoms with Crippen LogP contribution in [0.15, 0.2) is 48.5 Å². The van der Waals surface area contributed by atoms with Gasteiger partial charge in [0.05, 0.1) is 12.3 Å². The Morgan fingerprint density at radius 2 is 2.04 bits per heavy atom. The van der Waals surface area contributed by atoms with Gasteiger partial charge in [0.1, 0.15) is 5.69 Å². The second-order valence-corrected chi connectivity index (χ2v) is 6.25. The van der Waals surface area contributed by atoms with Crippen molar-refractivity contribution >= 4 is 17.5 Å². The molecular formula is C19H19ClN4O2. The predicted octanol–water partition coefficient (Wildman–Crippen LogP) is 3.31. The van der Waals surface area contributed by atoms with Crippen LogP contribution >= 0.6 is 11.6 Å². The van der Waals surface area contributed by atoms with E-state index >= 15 is 0 Å². The van der Waals surface area contributed by atoms with Gasteiger partial charge in [0.2, 0.25) is 0 Å². The van der Waals surface area contributed by atoms with E-state index in [1.54, 1.807) is 17.9 Å². The molecule has 0 radical (unpaired) electrons. The van der Waals surface area contributed by atoms with Gasteiger partial charge < -0.3 is 10.1 Å². The van der Waals surface area contributed by atoms with Crippen molar-refractivity contribution in [1.29, 1.82) is 0 Å². The van der Waals surface area contributed by atoms with Crippen molar-refractivity contribution < 1.29 is 9.53 Å². The molecule has 3 aromatic rings. The zero-order valence-corrected chi connectivity index (χ0v) is 15.3. The van der Waals surface area contributed by atoms with Crippen LogP contribution in [-0.4, -0.2) is 28.0 Å². The van der Waals surface area contributed by atoms with Crippen molar-refractivity contribution in [3.63, 3.8) is 0 Å². The average molecular weight is 371 g/mol. The summed E-state index contributed by atoms with van der Waals surface area (Å²) in [7, 11) is 1.57. The van der Waals surface area contributed by atoms with Crippen molar-refractivity contribution in [2.24, 2.45) is 0 Å². The number of nitrogens with zero attached hydrogens (tertiary/aromatic N) is 3.